The predicted octanol–water partition coefficient (Wildman–Crippen LogP) is -0.187. The van der Waals surface area contributed by atoms with Crippen molar-refractivity contribution in [3.63, 3.8) is 0 Å². The number of carbonyl (C=O) groups is 4. The van der Waals surface area contributed by atoms with Gasteiger partial charge in [-0.2, -0.15) is 0 Å². The molecule has 0 saturated carbocycles. The number of nitrogens with two attached hydrogens (primary N) is 3. The Bertz CT molecular complexity index is 643. The van der Waals surface area contributed by atoms with Crippen LogP contribution in [0.2, 0.25) is 0 Å². The van der Waals surface area contributed by atoms with Gasteiger partial charge in [-0.3, -0.25) is 14.4 Å². The third-order valence-corrected chi connectivity index (χ3v) is 5.45. The highest BCUT2D eigenvalue weighted by atomic mass is 16.4. The maximum absolute atomic E-state index is 13.0. The molecule has 0 aromatic heterocycles. The normalized spacial score (nSPS) is 14.9. The second-order valence-electron chi connectivity index (χ2n) is 9.50. The fourth-order valence-corrected chi connectivity index (χ4v) is 3.46. The Morgan fingerprint density at radius 2 is 1.24 bits per heavy atom. The molecule has 0 aromatic carbocycles. The summed E-state index contributed by atoms with van der Waals surface area (Å²) in [6, 6.07) is -3.68. The summed E-state index contributed by atoms with van der Waals surface area (Å²) in [6.07, 6.45) is 3.41. The topological polar surface area (TPSA) is 203 Å². The molecule has 11 nitrogen and oxygen atoms in total. The van der Waals surface area contributed by atoms with E-state index in [1.54, 1.807) is 13.8 Å². The van der Waals surface area contributed by atoms with Crippen molar-refractivity contribution in [1.29, 1.82) is 0 Å². The first-order valence-corrected chi connectivity index (χ1v) is 12.2. The minimum atomic E-state index is -1.15. The molecule has 4 atom stereocenters. The van der Waals surface area contributed by atoms with Crippen LogP contribution >= 0.6 is 0 Å². The van der Waals surface area contributed by atoms with Crippen molar-refractivity contribution in [2.24, 2.45) is 29.0 Å². The quantitative estimate of drug-likeness (QED) is 0.129. The first-order chi connectivity index (χ1) is 15.9. The summed E-state index contributed by atoms with van der Waals surface area (Å²) in [4.78, 5) is 50.0. The minimum absolute atomic E-state index is 0.217. The van der Waals surface area contributed by atoms with Gasteiger partial charge in [-0.25, -0.2) is 4.79 Å². The van der Waals surface area contributed by atoms with Crippen LogP contribution in [0, 0.1) is 11.8 Å². The summed E-state index contributed by atoms with van der Waals surface area (Å²) < 4.78 is 0. The van der Waals surface area contributed by atoms with Gasteiger partial charge in [0.15, 0.2) is 0 Å². The summed E-state index contributed by atoms with van der Waals surface area (Å²) in [5.41, 5.74) is 17.0. The van der Waals surface area contributed by atoms with Gasteiger partial charge in [0.05, 0.1) is 6.04 Å². The Kier molecular flexibility index (Phi) is 16.1. The smallest absolute Gasteiger partial charge is 0.326 e. The van der Waals surface area contributed by atoms with Crippen LogP contribution in [0.5, 0.6) is 0 Å². The Balaban J connectivity index is 5.39. The van der Waals surface area contributed by atoms with Crippen LogP contribution in [0.1, 0.15) is 72.6 Å². The van der Waals surface area contributed by atoms with Crippen LogP contribution in [0.15, 0.2) is 0 Å². The van der Waals surface area contributed by atoms with E-state index < -0.39 is 47.9 Å². The number of carboxylic acid groups (broad SMARTS) is 1. The van der Waals surface area contributed by atoms with E-state index in [0.717, 1.165) is 0 Å². The van der Waals surface area contributed by atoms with E-state index >= 15 is 0 Å². The molecule has 198 valence electrons. The molecule has 0 aromatic rings. The number of hydrogen-bond donors (Lipinski definition) is 7. The number of carbonyl (C=O) groups excluding carboxylic acids is 3. The molecule has 0 saturated heterocycles. The second-order valence-corrected chi connectivity index (χ2v) is 9.50. The molecular weight excluding hydrogens is 440 g/mol. The van der Waals surface area contributed by atoms with E-state index in [1.807, 2.05) is 13.8 Å². The van der Waals surface area contributed by atoms with E-state index in [2.05, 4.69) is 16.0 Å². The van der Waals surface area contributed by atoms with Crippen LogP contribution in [-0.4, -0.2) is 66.1 Å². The van der Waals surface area contributed by atoms with Crippen LogP contribution in [0.3, 0.4) is 0 Å². The largest absolute Gasteiger partial charge is 0.480 e. The molecule has 0 radical (unpaired) electrons. The zero-order chi connectivity index (χ0) is 26.3. The summed E-state index contributed by atoms with van der Waals surface area (Å²) >= 11 is 0. The number of rotatable bonds is 18. The third kappa shape index (κ3) is 12.9. The fourth-order valence-electron chi connectivity index (χ4n) is 3.46. The van der Waals surface area contributed by atoms with Gasteiger partial charge in [-0.15, -0.1) is 0 Å². The molecule has 4 unspecified atom stereocenters. The monoisotopic (exact) mass is 486 g/mol. The van der Waals surface area contributed by atoms with E-state index in [4.69, 9.17) is 17.2 Å². The van der Waals surface area contributed by atoms with Crippen molar-refractivity contribution >= 4 is 23.7 Å². The molecule has 11 heteroatoms. The lowest BCUT2D eigenvalue weighted by atomic mass is 9.99. The lowest BCUT2D eigenvalue weighted by molar-refractivity contribution is -0.142. The average Bonchev–Trinajstić information content (AvgIpc) is 2.74. The lowest BCUT2D eigenvalue weighted by Crippen LogP contribution is -2.58. The maximum Gasteiger partial charge on any atom is 0.326 e. The summed E-state index contributed by atoms with van der Waals surface area (Å²) in [7, 11) is 0. The highest BCUT2D eigenvalue weighted by Gasteiger charge is 2.31. The van der Waals surface area contributed by atoms with Gasteiger partial charge in [0.1, 0.15) is 18.1 Å². The molecular formula is C23H46N6O5. The first-order valence-electron chi connectivity index (χ1n) is 12.2. The number of unbranched alkanes of at least 4 members (excludes halogenated alkanes) is 2. The van der Waals surface area contributed by atoms with Crippen LogP contribution in [0.4, 0.5) is 0 Å². The van der Waals surface area contributed by atoms with Crippen LogP contribution in [0.25, 0.3) is 0 Å². The third-order valence-electron chi connectivity index (χ3n) is 5.45. The van der Waals surface area contributed by atoms with Crippen LogP contribution < -0.4 is 33.2 Å². The Morgan fingerprint density at radius 1 is 0.735 bits per heavy atom. The van der Waals surface area contributed by atoms with Gasteiger partial charge in [-0.05, 0) is 69.9 Å². The lowest BCUT2D eigenvalue weighted by Gasteiger charge is -2.27. The SMILES string of the molecule is CC(C)CC(N)C(=O)NC(C(=O)NC(CCCCN)C(=O)NC(CCCCN)C(=O)O)C(C)C. The van der Waals surface area contributed by atoms with Crippen molar-refractivity contribution in [1.82, 2.24) is 16.0 Å². The molecule has 0 rings (SSSR count). The Labute approximate surface area is 203 Å². The van der Waals surface area contributed by atoms with Crippen molar-refractivity contribution in [2.45, 2.75) is 96.8 Å². The maximum atomic E-state index is 13.0. The molecule has 34 heavy (non-hydrogen) atoms. The first kappa shape index (κ1) is 31.8. The standard InChI is InChI=1S/C23H46N6O5/c1-14(2)13-16(26)20(30)29-19(15(3)4)22(32)27-17(9-5-7-11-24)21(31)28-18(23(33)34)10-6-8-12-25/h14-19H,5-13,24-26H2,1-4H3,(H,27,32)(H,28,31)(H,29,30)(H,33,34). The molecule has 0 fully saturated rings. The van der Waals surface area contributed by atoms with Crippen LogP contribution in [-0.2, 0) is 19.2 Å². The van der Waals surface area contributed by atoms with Crippen molar-refractivity contribution in [2.75, 3.05) is 13.1 Å². The summed E-state index contributed by atoms with van der Waals surface area (Å²) in [5.74, 6) is -2.74. The molecule has 0 aliphatic carbocycles. The fraction of sp³-hybridized carbons (Fsp3) is 0.826. The second kappa shape index (κ2) is 17.2. The number of nitrogens with one attached hydrogen (secondary N) is 3. The van der Waals surface area contributed by atoms with Gasteiger partial charge in [0.2, 0.25) is 17.7 Å². The highest BCUT2D eigenvalue weighted by molar-refractivity contribution is 5.94. The number of hydrogen-bond acceptors (Lipinski definition) is 7. The summed E-state index contributed by atoms with van der Waals surface area (Å²) in [6.45, 7) is 8.31. The molecule has 0 spiro atoms. The zero-order valence-electron chi connectivity index (χ0n) is 21.1. The molecule has 10 N–H and O–H groups in total. The van der Waals surface area contributed by atoms with E-state index in [9.17, 15) is 24.3 Å². The van der Waals surface area contributed by atoms with E-state index in [0.29, 0.717) is 45.2 Å². The van der Waals surface area contributed by atoms with Gasteiger partial charge in [0, 0.05) is 0 Å². The van der Waals surface area contributed by atoms with Gasteiger partial charge >= 0.3 is 5.97 Å². The highest BCUT2D eigenvalue weighted by Crippen LogP contribution is 2.09. The van der Waals surface area contributed by atoms with Gasteiger partial charge in [-0.1, -0.05) is 27.7 Å². The van der Waals surface area contributed by atoms with E-state index in [-0.39, 0.29) is 24.7 Å². The molecule has 0 bridgehead atoms. The molecule has 0 aliphatic rings. The molecule has 0 aliphatic heterocycles. The summed E-state index contributed by atoms with van der Waals surface area (Å²) in [5, 5.41) is 17.4. The average molecular weight is 487 g/mol. The van der Waals surface area contributed by atoms with Gasteiger partial charge < -0.3 is 38.3 Å². The van der Waals surface area contributed by atoms with Gasteiger partial charge in [0.25, 0.3) is 0 Å². The van der Waals surface area contributed by atoms with Crippen molar-refractivity contribution in [3.05, 3.63) is 0 Å². The number of aliphatic carboxylic acids is 1. The van der Waals surface area contributed by atoms with Crippen molar-refractivity contribution in [3.8, 4) is 0 Å². The Hall–Kier alpha value is -2.24. The molecule has 3 amide bonds. The minimum Gasteiger partial charge on any atom is -0.480 e. The predicted molar refractivity (Wildman–Crippen MR) is 132 cm³/mol. The molecule has 0 heterocycles. The Morgan fingerprint density at radius 3 is 1.68 bits per heavy atom. The number of amides is 3. The van der Waals surface area contributed by atoms with E-state index in [1.165, 1.54) is 0 Å². The van der Waals surface area contributed by atoms with Crippen molar-refractivity contribution < 1.29 is 24.3 Å². The number of carboxylic acids is 1. The zero-order valence-corrected chi connectivity index (χ0v) is 21.1.